The Morgan fingerprint density at radius 3 is 2.50 bits per heavy atom. The fourth-order valence-corrected chi connectivity index (χ4v) is 1.75. The number of benzene rings is 1. The number of hydrogen-bond donors (Lipinski definition) is 1. The van der Waals surface area contributed by atoms with Crippen LogP contribution < -0.4 is 10.2 Å². The van der Waals surface area contributed by atoms with Crippen LogP contribution in [0.4, 0.5) is 23.1 Å². The molecule has 104 valence electrons. The summed E-state index contributed by atoms with van der Waals surface area (Å²) >= 11 is 0. The lowest BCUT2D eigenvalue weighted by molar-refractivity contribution is -0.384. The van der Waals surface area contributed by atoms with Crippen LogP contribution in [-0.2, 0) is 0 Å². The molecule has 0 atom stereocenters. The first kappa shape index (κ1) is 13.7. The van der Waals surface area contributed by atoms with Crippen molar-refractivity contribution in [3.8, 4) is 0 Å². The van der Waals surface area contributed by atoms with Crippen LogP contribution in [0.2, 0.25) is 0 Å². The molecule has 0 saturated heterocycles. The van der Waals surface area contributed by atoms with Crippen LogP contribution in [0.3, 0.4) is 0 Å². The van der Waals surface area contributed by atoms with Gasteiger partial charge in [0.05, 0.1) is 4.92 Å². The number of aromatic nitrogens is 2. The minimum Gasteiger partial charge on any atom is -0.357 e. The van der Waals surface area contributed by atoms with Crippen molar-refractivity contribution in [2.45, 2.75) is 6.92 Å². The van der Waals surface area contributed by atoms with E-state index >= 15 is 0 Å². The third-order valence-corrected chi connectivity index (χ3v) is 2.91. The summed E-state index contributed by atoms with van der Waals surface area (Å²) in [4.78, 5) is 20.3. The maximum Gasteiger partial charge on any atom is 0.330 e. The summed E-state index contributed by atoms with van der Waals surface area (Å²) in [5, 5.41) is 13.9. The number of nitrogens with zero attached hydrogens (tertiary/aromatic N) is 4. The highest BCUT2D eigenvalue weighted by atomic mass is 16.6. The SMILES string of the molecule is CNc1ncc([N+](=O)[O-])c(N(C)c2ccc(C)cc2)n1. The number of rotatable bonds is 4. The lowest BCUT2D eigenvalue weighted by atomic mass is 10.2. The van der Waals surface area contributed by atoms with E-state index in [1.54, 1.807) is 19.0 Å². The fourth-order valence-electron chi connectivity index (χ4n) is 1.75. The van der Waals surface area contributed by atoms with Crippen molar-refractivity contribution in [2.24, 2.45) is 0 Å². The van der Waals surface area contributed by atoms with Crippen molar-refractivity contribution in [1.82, 2.24) is 9.97 Å². The second-order valence-corrected chi connectivity index (χ2v) is 4.30. The summed E-state index contributed by atoms with van der Waals surface area (Å²) in [5.41, 5.74) is 1.81. The van der Waals surface area contributed by atoms with E-state index in [9.17, 15) is 10.1 Å². The van der Waals surface area contributed by atoms with Crippen molar-refractivity contribution in [3.63, 3.8) is 0 Å². The Labute approximate surface area is 116 Å². The molecule has 7 nitrogen and oxygen atoms in total. The highest BCUT2D eigenvalue weighted by Crippen LogP contribution is 2.30. The molecule has 0 bridgehead atoms. The first-order chi connectivity index (χ1) is 9.52. The number of nitrogens with one attached hydrogen (secondary N) is 1. The molecule has 1 N–H and O–H groups in total. The van der Waals surface area contributed by atoms with Crippen LogP contribution in [0.15, 0.2) is 30.5 Å². The monoisotopic (exact) mass is 273 g/mol. The minimum absolute atomic E-state index is 0.132. The van der Waals surface area contributed by atoms with Gasteiger partial charge in [-0.3, -0.25) is 10.1 Å². The molecule has 0 spiro atoms. The Kier molecular flexibility index (Phi) is 3.79. The van der Waals surface area contributed by atoms with Gasteiger partial charge in [0.2, 0.25) is 11.8 Å². The zero-order valence-corrected chi connectivity index (χ0v) is 11.5. The fraction of sp³-hybridized carbons (Fsp3) is 0.231. The zero-order valence-electron chi connectivity index (χ0n) is 11.5. The number of nitro groups is 1. The quantitative estimate of drug-likeness (QED) is 0.680. The zero-order chi connectivity index (χ0) is 14.7. The Morgan fingerprint density at radius 2 is 1.95 bits per heavy atom. The summed E-state index contributed by atoms with van der Waals surface area (Å²) in [7, 11) is 3.40. The highest BCUT2D eigenvalue weighted by molar-refractivity contribution is 5.68. The molecule has 1 aromatic heterocycles. The molecule has 0 unspecified atom stereocenters. The maximum atomic E-state index is 11.1. The Morgan fingerprint density at radius 1 is 1.30 bits per heavy atom. The molecule has 1 aromatic carbocycles. The van der Waals surface area contributed by atoms with Crippen molar-refractivity contribution in [2.75, 3.05) is 24.3 Å². The standard InChI is InChI=1S/C13H15N5O2/c1-9-4-6-10(7-5-9)17(3)12-11(18(19)20)8-15-13(14-2)16-12/h4-8H,1-3H3,(H,14,15,16). The van der Waals surface area contributed by atoms with Crippen molar-refractivity contribution >= 4 is 23.1 Å². The van der Waals surface area contributed by atoms with Gasteiger partial charge in [0.15, 0.2) is 0 Å². The first-order valence-electron chi connectivity index (χ1n) is 6.02. The van der Waals surface area contributed by atoms with Gasteiger partial charge in [-0.2, -0.15) is 4.98 Å². The average Bonchev–Trinajstić information content (AvgIpc) is 2.46. The third-order valence-electron chi connectivity index (χ3n) is 2.91. The first-order valence-corrected chi connectivity index (χ1v) is 6.02. The lowest BCUT2D eigenvalue weighted by Gasteiger charge is -2.18. The lowest BCUT2D eigenvalue weighted by Crippen LogP contribution is -2.14. The van der Waals surface area contributed by atoms with E-state index < -0.39 is 4.92 Å². The molecule has 1 heterocycles. The molecule has 0 aliphatic heterocycles. The number of hydrogen-bond acceptors (Lipinski definition) is 6. The Bertz CT molecular complexity index is 627. The highest BCUT2D eigenvalue weighted by Gasteiger charge is 2.21. The summed E-state index contributed by atoms with van der Waals surface area (Å²) in [6.45, 7) is 1.98. The molecule has 2 rings (SSSR count). The van der Waals surface area contributed by atoms with Crippen molar-refractivity contribution in [1.29, 1.82) is 0 Å². The van der Waals surface area contributed by atoms with Gasteiger partial charge in [-0.15, -0.1) is 0 Å². The van der Waals surface area contributed by atoms with Gasteiger partial charge in [-0.1, -0.05) is 17.7 Å². The number of aryl methyl sites for hydroxylation is 1. The van der Waals surface area contributed by atoms with E-state index in [2.05, 4.69) is 15.3 Å². The van der Waals surface area contributed by atoms with Crippen LogP contribution in [0.1, 0.15) is 5.56 Å². The largest absolute Gasteiger partial charge is 0.357 e. The molecule has 0 amide bonds. The minimum atomic E-state index is -0.487. The van der Waals surface area contributed by atoms with E-state index in [4.69, 9.17) is 0 Å². The second kappa shape index (κ2) is 5.52. The second-order valence-electron chi connectivity index (χ2n) is 4.30. The summed E-state index contributed by atoms with van der Waals surface area (Å²) < 4.78 is 0. The molecule has 7 heteroatoms. The van der Waals surface area contributed by atoms with Gasteiger partial charge < -0.3 is 10.2 Å². The van der Waals surface area contributed by atoms with E-state index in [1.165, 1.54) is 6.20 Å². The molecule has 0 aliphatic rings. The van der Waals surface area contributed by atoms with E-state index in [-0.39, 0.29) is 11.5 Å². The predicted molar refractivity (Wildman–Crippen MR) is 77.5 cm³/mol. The number of anilines is 3. The Balaban J connectivity index is 2.48. The summed E-state index contributed by atoms with van der Waals surface area (Å²) in [6, 6.07) is 7.66. The van der Waals surface area contributed by atoms with E-state index in [0.29, 0.717) is 5.95 Å². The summed E-state index contributed by atoms with van der Waals surface area (Å²) in [5.74, 6) is 0.586. The van der Waals surface area contributed by atoms with Crippen LogP contribution in [0, 0.1) is 17.0 Å². The van der Waals surface area contributed by atoms with Crippen LogP contribution in [-0.4, -0.2) is 29.0 Å². The average molecular weight is 273 g/mol. The van der Waals surface area contributed by atoms with Crippen LogP contribution >= 0.6 is 0 Å². The van der Waals surface area contributed by atoms with Gasteiger partial charge in [-0.25, -0.2) is 4.98 Å². The predicted octanol–water partition coefficient (Wildman–Crippen LogP) is 2.50. The molecule has 0 aliphatic carbocycles. The van der Waals surface area contributed by atoms with Gasteiger partial charge in [0, 0.05) is 19.8 Å². The summed E-state index contributed by atoms with van der Waals surface area (Å²) in [6.07, 6.45) is 1.21. The molecular weight excluding hydrogens is 258 g/mol. The smallest absolute Gasteiger partial charge is 0.330 e. The Hall–Kier alpha value is -2.70. The molecule has 2 aromatic rings. The van der Waals surface area contributed by atoms with Gasteiger partial charge >= 0.3 is 5.69 Å². The van der Waals surface area contributed by atoms with Crippen molar-refractivity contribution < 1.29 is 4.92 Å². The van der Waals surface area contributed by atoms with E-state index in [1.807, 2.05) is 31.2 Å². The van der Waals surface area contributed by atoms with Crippen LogP contribution in [0.25, 0.3) is 0 Å². The molecule has 0 radical (unpaired) electrons. The van der Waals surface area contributed by atoms with Gasteiger partial charge in [0.1, 0.15) is 6.20 Å². The van der Waals surface area contributed by atoms with E-state index in [0.717, 1.165) is 11.3 Å². The normalized spacial score (nSPS) is 10.2. The molecule has 20 heavy (non-hydrogen) atoms. The third kappa shape index (κ3) is 2.66. The molecule has 0 fully saturated rings. The molecule has 0 saturated carbocycles. The molecular formula is C13H15N5O2. The maximum absolute atomic E-state index is 11.1. The van der Waals surface area contributed by atoms with Gasteiger partial charge in [0.25, 0.3) is 0 Å². The van der Waals surface area contributed by atoms with Gasteiger partial charge in [-0.05, 0) is 19.1 Å². The van der Waals surface area contributed by atoms with Crippen LogP contribution in [0.5, 0.6) is 0 Å². The topological polar surface area (TPSA) is 84.2 Å². The van der Waals surface area contributed by atoms with Crippen molar-refractivity contribution in [3.05, 3.63) is 46.1 Å².